The molecule has 0 aliphatic heterocycles. The van der Waals surface area contributed by atoms with E-state index in [4.69, 9.17) is 0 Å². The molecular formula is C15H20BrN2O2+. The zero-order chi connectivity index (χ0) is 13.5. The van der Waals surface area contributed by atoms with Crippen LogP contribution in [-0.2, 0) is 13.1 Å². The Hall–Kier alpha value is -1.62. The first-order valence-electron chi connectivity index (χ1n) is 6.60. The monoisotopic (exact) mass is 339 g/mol. The molecule has 0 bridgehead atoms. The Morgan fingerprint density at radius 1 is 0.750 bits per heavy atom. The standard InChI is InChI=1S/C15H18N2O2.BrH/c18-14-6-4-10-16(12-14)8-2-1-3-9-17-11-5-7-15(19)13-17;/h4-7,10-13H,1-3,8-9H2;1H/p+1. The molecule has 0 radical (unpaired) electrons. The molecule has 20 heavy (non-hydrogen) atoms. The zero-order valence-corrected chi connectivity index (χ0v) is 12.9. The molecular weight excluding hydrogens is 320 g/mol. The largest absolute Gasteiger partial charge is 1.00 e. The third-order valence-electron chi connectivity index (χ3n) is 3.02. The lowest BCUT2D eigenvalue weighted by Gasteiger charge is -1.98. The van der Waals surface area contributed by atoms with Gasteiger partial charge in [-0.1, -0.05) is 0 Å². The first kappa shape index (κ1) is 16.4. The maximum atomic E-state index is 9.34. The van der Waals surface area contributed by atoms with E-state index in [0.29, 0.717) is 11.5 Å². The first-order valence-corrected chi connectivity index (χ1v) is 6.60. The van der Waals surface area contributed by atoms with Gasteiger partial charge < -0.3 is 27.2 Å². The van der Waals surface area contributed by atoms with Crippen molar-refractivity contribution in [3.05, 3.63) is 49.1 Å². The van der Waals surface area contributed by atoms with Gasteiger partial charge in [-0.3, -0.25) is 0 Å². The van der Waals surface area contributed by atoms with Gasteiger partial charge in [-0.05, 0) is 18.6 Å². The summed E-state index contributed by atoms with van der Waals surface area (Å²) in [6.07, 6.45) is 10.7. The molecule has 108 valence electrons. The molecule has 0 saturated carbocycles. The van der Waals surface area contributed by atoms with Gasteiger partial charge in [0.25, 0.3) is 0 Å². The Labute approximate surface area is 129 Å². The number of rotatable bonds is 6. The third kappa shape index (κ3) is 5.57. The van der Waals surface area contributed by atoms with Crippen molar-refractivity contribution in [2.75, 3.05) is 0 Å². The number of hydrogen-bond acceptors (Lipinski definition) is 2. The molecule has 2 aromatic rings. The molecule has 5 heteroatoms. The van der Waals surface area contributed by atoms with Crippen LogP contribution in [0.5, 0.6) is 11.5 Å². The van der Waals surface area contributed by atoms with Crippen LogP contribution in [0, 0.1) is 0 Å². The number of nitrogens with zero attached hydrogens (tertiary/aromatic N) is 2. The molecule has 2 N–H and O–H groups in total. The highest BCUT2D eigenvalue weighted by Crippen LogP contribution is 2.03. The van der Waals surface area contributed by atoms with Gasteiger partial charge in [-0.15, -0.1) is 0 Å². The number of hydrogen-bond donors (Lipinski definition) is 2. The van der Waals surface area contributed by atoms with Crippen LogP contribution in [0.2, 0.25) is 0 Å². The molecule has 0 spiro atoms. The SMILES string of the molecule is Oc1ccc[n+](CCCCC[n+]2cccc(O)c2)c1.[Br-]. The summed E-state index contributed by atoms with van der Waals surface area (Å²) >= 11 is 0. The van der Waals surface area contributed by atoms with Crippen molar-refractivity contribution in [2.45, 2.75) is 32.4 Å². The van der Waals surface area contributed by atoms with Crippen LogP contribution < -0.4 is 26.1 Å². The minimum Gasteiger partial charge on any atom is -1.00 e. The van der Waals surface area contributed by atoms with E-state index in [1.807, 2.05) is 33.7 Å². The first-order chi connectivity index (χ1) is 9.24. The van der Waals surface area contributed by atoms with E-state index < -0.39 is 0 Å². The van der Waals surface area contributed by atoms with Gasteiger partial charge in [0.2, 0.25) is 12.4 Å². The fraction of sp³-hybridized carbons (Fsp3) is 0.333. The van der Waals surface area contributed by atoms with Gasteiger partial charge in [0.1, 0.15) is 13.1 Å². The lowest BCUT2D eigenvalue weighted by molar-refractivity contribution is -0.701. The Morgan fingerprint density at radius 3 is 1.60 bits per heavy atom. The van der Waals surface area contributed by atoms with Crippen LogP contribution >= 0.6 is 0 Å². The van der Waals surface area contributed by atoms with Gasteiger partial charge in [0.05, 0.1) is 0 Å². The molecule has 4 nitrogen and oxygen atoms in total. The molecule has 0 amide bonds. The molecule has 0 fully saturated rings. The summed E-state index contributed by atoms with van der Waals surface area (Å²) in [7, 11) is 0. The lowest BCUT2D eigenvalue weighted by Crippen LogP contribution is -3.00. The van der Waals surface area contributed by atoms with E-state index in [-0.39, 0.29) is 17.0 Å². The van der Waals surface area contributed by atoms with Crippen LogP contribution in [0.3, 0.4) is 0 Å². The fourth-order valence-corrected chi connectivity index (χ4v) is 2.06. The number of aromatic nitrogens is 2. The average Bonchev–Trinajstić information content (AvgIpc) is 2.38. The lowest BCUT2D eigenvalue weighted by atomic mass is 10.2. The quantitative estimate of drug-likeness (QED) is 0.499. The summed E-state index contributed by atoms with van der Waals surface area (Å²) < 4.78 is 3.99. The number of aromatic hydroxyl groups is 2. The second-order valence-corrected chi connectivity index (χ2v) is 4.66. The van der Waals surface area contributed by atoms with Crippen molar-refractivity contribution in [3.8, 4) is 11.5 Å². The maximum absolute atomic E-state index is 9.34. The van der Waals surface area contributed by atoms with Gasteiger partial charge in [-0.25, -0.2) is 9.13 Å². The predicted octanol–water partition coefficient (Wildman–Crippen LogP) is -1.45. The Bertz CT molecular complexity index is 487. The summed E-state index contributed by atoms with van der Waals surface area (Å²) in [5.74, 6) is 0.607. The average molecular weight is 340 g/mol. The summed E-state index contributed by atoms with van der Waals surface area (Å²) in [6, 6.07) is 7.04. The molecule has 2 rings (SSSR count). The van der Waals surface area contributed by atoms with E-state index in [9.17, 15) is 10.2 Å². The molecule has 0 saturated heterocycles. The molecule has 2 aromatic heterocycles. The van der Waals surface area contributed by atoms with E-state index in [0.717, 1.165) is 32.4 Å². The van der Waals surface area contributed by atoms with Crippen LogP contribution in [0.4, 0.5) is 0 Å². The Morgan fingerprint density at radius 2 is 1.20 bits per heavy atom. The fourth-order valence-electron chi connectivity index (χ4n) is 2.06. The van der Waals surface area contributed by atoms with Crippen LogP contribution in [0.15, 0.2) is 49.1 Å². The van der Waals surface area contributed by atoms with Crippen LogP contribution in [0.25, 0.3) is 0 Å². The highest BCUT2D eigenvalue weighted by Gasteiger charge is 2.04. The number of unbranched alkanes of at least 4 members (excludes halogenated alkanes) is 2. The third-order valence-corrected chi connectivity index (χ3v) is 3.02. The normalized spacial score (nSPS) is 10.0. The summed E-state index contributed by atoms with van der Waals surface area (Å²) in [6.45, 7) is 1.83. The van der Waals surface area contributed by atoms with Crippen molar-refractivity contribution >= 4 is 0 Å². The summed E-state index contributed by atoms with van der Waals surface area (Å²) in [5, 5.41) is 18.7. The second-order valence-electron chi connectivity index (χ2n) is 4.66. The van der Waals surface area contributed by atoms with Crippen molar-refractivity contribution in [1.29, 1.82) is 0 Å². The Kier molecular flexibility index (Phi) is 7.01. The molecule has 0 aliphatic rings. The predicted molar refractivity (Wildman–Crippen MR) is 70.5 cm³/mol. The Balaban J connectivity index is 0.00000200. The van der Waals surface area contributed by atoms with Crippen molar-refractivity contribution < 1.29 is 36.3 Å². The molecule has 0 atom stereocenters. The van der Waals surface area contributed by atoms with Gasteiger partial charge in [-0.2, -0.15) is 0 Å². The van der Waals surface area contributed by atoms with Gasteiger partial charge in [0.15, 0.2) is 23.9 Å². The van der Waals surface area contributed by atoms with Crippen LogP contribution in [-0.4, -0.2) is 10.2 Å². The molecule has 0 aliphatic carbocycles. The highest BCUT2D eigenvalue weighted by atomic mass is 79.9. The van der Waals surface area contributed by atoms with Crippen molar-refractivity contribution in [2.24, 2.45) is 0 Å². The van der Waals surface area contributed by atoms with Crippen LogP contribution in [0.1, 0.15) is 19.3 Å². The summed E-state index contributed by atoms with van der Waals surface area (Å²) in [5.41, 5.74) is 0. The smallest absolute Gasteiger partial charge is 0.210 e. The van der Waals surface area contributed by atoms with E-state index in [1.165, 1.54) is 0 Å². The van der Waals surface area contributed by atoms with Gasteiger partial charge in [0, 0.05) is 25.0 Å². The number of pyridine rings is 2. The van der Waals surface area contributed by atoms with E-state index in [2.05, 4.69) is 0 Å². The highest BCUT2D eigenvalue weighted by molar-refractivity contribution is 5.09. The number of aryl methyl sites for hydroxylation is 2. The molecule has 0 aromatic carbocycles. The van der Waals surface area contributed by atoms with Crippen molar-refractivity contribution in [1.82, 2.24) is 0 Å². The molecule has 2 heterocycles. The second kappa shape index (κ2) is 8.53. The van der Waals surface area contributed by atoms with Gasteiger partial charge >= 0.3 is 0 Å². The number of halogens is 1. The van der Waals surface area contributed by atoms with E-state index in [1.54, 1.807) is 24.5 Å². The summed E-state index contributed by atoms with van der Waals surface area (Å²) in [4.78, 5) is 0. The van der Waals surface area contributed by atoms with Crippen molar-refractivity contribution in [3.63, 3.8) is 0 Å². The minimum atomic E-state index is 0. The maximum Gasteiger partial charge on any atom is 0.210 e. The zero-order valence-electron chi connectivity index (χ0n) is 11.3. The topological polar surface area (TPSA) is 48.2 Å². The molecule has 0 unspecified atom stereocenters. The van der Waals surface area contributed by atoms with E-state index >= 15 is 0 Å². The minimum absolute atomic E-state index is 0.